The third-order valence-corrected chi connectivity index (χ3v) is 4.34. The van der Waals surface area contributed by atoms with E-state index >= 15 is 0 Å². The number of thiophene rings is 1. The van der Waals surface area contributed by atoms with E-state index in [1.54, 1.807) is 11.3 Å². The molecule has 1 heterocycles. The minimum atomic E-state index is -0.185. The normalized spacial score (nSPS) is 15.2. The Balaban J connectivity index is 2.25. The van der Waals surface area contributed by atoms with Gasteiger partial charge in [0.15, 0.2) is 0 Å². The molecule has 0 aliphatic carbocycles. The highest BCUT2D eigenvalue weighted by molar-refractivity contribution is 9.10. The molecule has 2 N–H and O–H groups in total. The second-order valence-corrected chi connectivity index (χ2v) is 5.60. The summed E-state index contributed by atoms with van der Waals surface area (Å²) in [5.41, 5.74) is 0. The predicted octanol–water partition coefficient (Wildman–Crippen LogP) is 3.32. The molecule has 4 heteroatoms. The fraction of sp³-hybridized carbons (Fsp3) is 0.636. The standard InChI is InChI=1S/C11H18BrNOS/c1-8(14)4-3-6-13-9(2)11-10(12)5-7-15-11/h5,7-9,13-14H,3-4,6H2,1-2H3. The van der Waals surface area contributed by atoms with Gasteiger partial charge in [-0.25, -0.2) is 0 Å². The molecule has 1 aromatic rings. The van der Waals surface area contributed by atoms with Gasteiger partial charge in [0.1, 0.15) is 0 Å². The monoisotopic (exact) mass is 291 g/mol. The molecule has 0 radical (unpaired) electrons. The summed E-state index contributed by atoms with van der Waals surface area (Å²) in [5, 5.41) is 14.7. The van der Waals surface area contributed by atoms with Crippen molar-refractivity contribution in [2.75, 3.05) is 6.54 Å². The molecular weight excluding hydrogens is 274 g/mol. The Morgan fingerprint density at radius 1 is 1.53 bits per heavy atom. The summed E-state index contributed by atoms with van der Waals surface area (Å²) in [4.78, 5) is 1.34. The van der Waals surface area contributed by atoms with E-state index in [-0.39, 0.29) is 6.10 Å². The molecule has 1 aromatic heterocycles. The summed E-state index contributed by atoms with van der Waals surface area (Å²) in [5.74, 6) is 0. The number of hydrogen-bond donors (Lipinski definition) is 2. The Bertz CT molecular complexity index is 288. The number of nitrogens with one attached hydrogen (secondary N) is 1. The van der Waals surface area contributed by atoms with Crippen LogP contribution in [0.5, 0.6) is 0 Å². The molecule has 0 aliphatic rings. The molecule has 0 saturated carbocycles. The number of aliphatic hydroxyl groups is 1. The van der Waals surface area contributed by atoms with Gasteiger partial charge in [-0.15, -0.1) is 11.3 Å². The molecule has 0 amide bonds. The minimum absolute atomic E-state index is 0.185. The smallest absolute Gasteiger partial charge is 0.0512 e. The third-order valence-electron chi connectivity index (χ3n) is 2.29. The Kier molecular flexibility index (Phi) is 5.82. The third kappa shape index (κ3) is 4.64. The largest absolute Gasteiger partial charge is 0.393 e. The van der Waals surface area contributed by atoms with Crippen LogP contribution in [0.1, 0.15) is 37.6 Å². The number of hydrogen-bond acceptors (Lipinski definition) is 3. The van der Waals surface area contributed by atoms with Gasteiger partial charge in [-0.2, -0.15) is 0 Å². The summed E-state index contributed by atoms with van der Waals surface area (Å²) >= 11 is 5.29. The Morgan fingerprint density at radius 2 is 2.27 bits per heavy atom. The quantitative estimate of drug-likeness (QED) is 0.788. The van der Waals surface area contributed by atoms with Crippen LogP contribution in [0.15, 0.2) is 15.9 Å². The topological polar surface area (TPSA) is 32.3 Å². The SMILES string of the molecule is CC(O)CCCNC(C)c1sccc1Br. The van der Waals surface area contributed by atoms with Crippen LogP contribution < -0.4 is 5.32 Å². The molecule has 15 heavy (non-hydrogen) atoms. The Morgan fingerprint density at radius 3 is 2.80 bits per heavy atom. The summed E-state index contributed by atoms with van der Waals surface area (Å²) < 4.78 is 1.18. The van der Waals surface area contributed by atoms with Gasteiger partial charge in [-0.05, 0) is 60.6 Å². The number of aliphatic hydroxyl groups excluding tert-OH is 1. The molecule has 0 bridgehead atoms. The molecule has 0 saturated heterocycles. The maximum absolute atomic E-state index is 9.11. The molecule has 2 nitrogen and oxygen atoms in total. The van der Waals surface area contributed by atoms with Crippen molar-refractivity contribution in [1.82, 2.24) is 5.32 Å². The highest BCUT2D eigenvalue weighted by atomic mass is 79.9. The molecule has 0 fully saturated rings. The van der Waals surface area contributed by atoms with Gasteiger partial charge in [0.25, 0.3) is 0 Å². The second-order valence-electron chi connectivity index (χ2n) is 3.80. The minimum Gasteiger partial charge on any atom is -0.393 e. The van der Waals surface area contributed by atoms with E-state index in [2.05, 4.69) is 39.6 Å². The van der Waals surface area contributed by atoms with Crippen molar-refractivity contribution in [3.05, 3.63) is 20.8 Å². The maximum atomic E-state index is 9.11. The van der Waals surface area contributed by atoms with Gasteiger partial charge in [-0.3, -0.25) is 0 Å². The fourth-order valence-electron chi connectivity index (χ4n) is 1.42. The van der Waals surface area contributed by atoms with E-state index in [4.69, 9.17) is 5.11 Å². The van der Waals surface area contributed by atoms with Crippen LogP contribution in [0.25, 0.3) is 0 Å². The van der Waals surface area contributed by atoms with Gasteiger partial charge in [0, 0.05) is 15.4 Å². The predicted molar refractivity (Wildman–Crippen MR) is 69.4 cm³/mol. The average Bonchev–Trinajstić information content (AvgIpc) is 2.58. The van der Waals surface area contributed by atoms with Crippen molar-refractivity contribution in [3.63, 3.8) is 0 Å². The van der Waals surface area contributed by atoms with E-state index < -0.39 is 0 Å². The van der Waals surface area contributed by atoms with Crippen molar-refractivity contribution in [2.45, 2.75) is 38.8 Å². The zero-order valence-electron chi connectivity index (χ0n) is 9.16. The first kappa shape index (κ1) is 13.2. The lowest BCUT2D eigenvalue weighted by Crippen LogP contribution is -2.20. The van der Waals surface area contributed by atoms with Crippen molar-refractivity contribution in [3.8, 4) is 0 Å². The first-order valence-electron chi connectivity index (χ1n) is 5.25. The highest BCUT2D eigenvalue weighted by Gasteiger charge is 2.09. The first-order valence-corrected chi connectivity index (χ1v) is 6.93. The van der Waals surface area contributed by atoms with Crippen LogP contribution in [0.4, 0.5) is 0 Å². The average molecular weight is 292 g/mol. The molecule has 0 spiro atoms. The van der Waals surface area contributed by atoms with Crippen LogP contribution in [-0.2, 0) is 0 Å². The summed E-state index contributed by atoms with van der Waals surface area (Å²) in [6, 6.07) is 2.46. The highest BCUT2D eigenvalue weighted by Crippen LogP contribution is 2.28. The number of halogens is 1. The summed E-state index contributed by atoms with van der Waals surface area (Å²) in [6.07, 6.45) is 1.70. The lowest BCUT2D eigenvalue weighted by Gasteiger charge is -2.13. The Hall–Kier alpha value is 0.100. The summed E-state index contributed by atoms with van der Waals surface area (Å²) in [7, 11) is 0. The molecule has 2 atom stereocenters. The van der Waals surface area contributed by atoms with Gasteiger partial charge in [-0.1, -0.05) is 0 Å². The van der Waals surface area contributed by atoms with E-state index in [1.165, 1.54) is 9.35 Å². The van der Waals surface area contributed by atoms with Crippen molar-refractivity contribution in [1.29, 1.82) is 0 Å². The lowest BCUT2D eigenvalue weighted by atomic mass is 10.2. The molecule has 1 rings (SSSR count). The fourth-order valence-corrected chi connectivity index (χ4v) is 3.17. The second kappa shape index (κ2) is 6.63. The van der Waals surface area contributed by atoms with E-state index in [0.29, 0.717) is 6.04 Å². The first-order chi connectivity index (χ1) is 7.11. The van der Waals surface area contributed by atoms with E-state index in [1.807, 2.05) is 6.92 Å². The van der Waals surface area contributed by atoms with Gasteiger partial charge >= 0.3 is 0 Å². The zero-order chi connectivity index (χ0) is 11.3. The van der Waals surface area contributed by atoms with Crippen molar-refractivity contribution < 1.29 is 5.11 Å². The van der Waals surface area contributed by atoms with Gasteiger partial charge in [0.05, 0.1) is 6.10 Å². The van der Waals surface area contributed by atoms with Crippen LogP contribution in [0.3, 0.4) is 0 Å². The molecule has 0 aromatic carbocycles. The van der Waals surface area contributed by atoms with Crippen LogP contribution in [-0.4, -0.2) is 17.8 Å². The van der Waals surface area contributed by atoms with Crippen LogP contribution in [0, 0.1) is 0 Å². The molecular formula is C11H18BrNOS. The lowest BCUT2D eigenvalue weighted by molar-refractivity contribution is 0.181. The number of rotatable bonds is 6. The van der Waals surface area contributed by atoms with Gasteiger partial charge in [0.2, 0.25) is 0 Å². The van der Waals surface area contributed by atoms with Gasteiger partial charge < -0.3 is 10.4 Å². The van der Waals surface area contributed by atoms with Crippen LogP contribution >= 0.6 is 27.3 Å². The molecule has 86 valence electrons. The van der Waals surface area contributed by atoms with E-state index in [9.17, 15) is 0 Å². The molecule has 2 unspecified atom stereocenters. The maximum Gasteiger partial charge on any atom is 0.0512 e. The van der Waals surface area contributed by atoms with E-state index in [0.717, 1.165) is 19.4 Å². The zero-order valence-corrected chi connectivity index (χ0v) is 11.6. The van der Waals surface area contributed by atoms with Crippen LogP contribution in [0.2, 0.25) is 0 Å². The van der Waals surface area contributed by atoms with Crippen molar-refractivity contribution >= 4 is 27.3 Å². The summed E-state index contributed by atoms with van der Waals surface area (Å²) in [6.45, 7) is 4.95. The molecule has 0 aliphatic heterocycles. The van der Waals surface area contributed by atoms with Crippen molar-refractivity contribution in [2.24, 2.45) is 0 Å². The Labute approximate surface area is 104 Å².